The molecule has 3 rings (SSSR count). The Bertz CT molecular complexity index is 1090. The molecule has 3 aromatic carbocycles. The molecule has 0 fully saturated rings. The van der Waals surface area contributed by atoms with Crippen LogP contribution in [0.4, 0.5) is 5.69 Å². The molecule has 7 heteroatoms. The van der Waals surface area contributed by atoms with E-state index in [2.05, 4.69) is 5.32 Å². The van der Waals surface area contributed by atoms with Crippen molar-refractivity contribution in [2.75, 3.05) is 19.0 Å². The maximum absolute atomic E-state index is 12.4. The predicted octanol–water partition coefficient (Wildman–Crippen LogP) is 5.34. The standard InChI is InChI=1S/C25H24ClNO5/c1-16-5-4-6-17(2)24(16)27-23(28)15-32-25(29)19-9-12-21(22(13-19)30-3)31-14-18-7-10-20(26)11-8-18/h4-13H,14-15H2,1-3H3,(H,27,28). The first-order valence-corrected chi connectivity index (χ1v) is 10.3. The maximum atomic E-state index is 12.4. The Morgan fingerprint density at radius 3 is 2.28 bits per heavy atom. The van der Waals surface area contributed by atoms with E-state index in [0.29, 0.717) is 23.1 Å². The van der Waals surface area contributed by atoms with Crippen LogP contribution >= 0.6 is 11.6 Å². The molecule has 0 aliphatic rings. The molecule has 1 amide bonds. The normalized spacial score (nSPS) is 10.4. The van der Waals surface area contributed by atoms with Crippen LogP contribution in [0.5, 0.6) is 11.5 Å². The van der Waals surface area contributed by atoms with Gasteiger partial charge in [-0.15, -0.1) is 0 Å². The van der Waals surface area contributed by atoms with Crippen molar-refractivity contribution in [1.29, 1.82) is 0 Å². The molecule has 0 spiro atoms. The van der Waals surface area contributed by atoms with E-state index in [-0.39, 0.29) is 5.56 Å². The van der Waals surface area contributed by atoms with Crippen molar-refractivity contribution in [2.24, 2.45) is 0 Å². The molecule has 166 valence electrons. The molecular formula is C25H24ClNO5. The minimum absolute atomic E-state index is 0.251. The molecule has 32 heavy (non-hydrogen) atoms. The Kier molecular flexibility index (Phi) is 7.73. The number of hydrogen-bond donors (Lipinski definition) is 1. The highest BCUT2D eigenvalue weighted by molar-refractivity contribution is 6.30. The second kappa shape index (κ2) is 10.7. The van der Waals surface area contributed by atoms with Gasteiger partial charge in [-0.1, -0.05) is 41.9 Å². The first-order valence-electron chi connectivity index (χ1n) is 9.96. The number of carbonyl (C=O) groups excluding carboxylic acids is 2. The van der Waals surface area contributed by atoms with Gasteiger partial charge in [0, 0.05) is 10.7 Å². The van der Waals surface area contributed by atoms with Gasteiger partial charge in [0.2, 0.25) is 0 Å². The highest BCUT2D eigenvalue weighted by atomic mass is 35.5. The van der Waals surface area contributed by atoms with Crippen molar-refractivity contribution in [2.45, 2.75) is 20.5 Å². The lowest BCUT2D eigenvalue weighted by Crippen LogP contribution is -2.21. The number of benzene rings is 3. The zero-order valence-electron chi connectivity index (χ0n) is 18.1. The summed E-state index contributed by atoms with van der Waals surface area (Å²) in [5.41, 5.74) is 3.78. The lowest BCUT2D eigenvalue weighted by molar-refractivity contribution is -0.119. The van der Waals surface area contributed by atoms with Crippen LogP contribution in [0, 0.1) is 13.8 Å². The van der Waals surface area contributed by atoms with Gasteiger partial charge in [0.25, 0.3) is 5.91 Å². The maximum Gasteiger partial charge on any atom is 0.338 e. The van der Waals surface area contributed by atoms with Crippen LogP contribution < -0.4 is 14.8 Å². The van der Waals surface area contributed by atoms with E-state index >= 15 is 0 Å². The van der Waals surface area contributed by atoms with Gasteiger partial charge >= 0.3 is 5.97 Å². The van der Waals surface area contributed by atoms with Crippen molar-refractivity contribution in [3.05, 3.63) is 87.9 Å². The van der Waals surface area contributed by atoms with Gasteiger partial charge in [-0.25, -0.2) is 4.79 Å². The SMILES string of the molecule is COc1cc(C(=O)OCC(=O)Nc2c(C)cccc2C)ccc1OCc1ccc(Cl)cc1. The quantitative estimate of drug-likeness (QED) is 0.466. The Morgan fingerprint density at radius 1 is 0.938 bits per heavy atom. The van der Waals surface area contributed by atoms with Crippen molar-refractivity contribution >= 4 is 29.2 Å². The van der Waals surface area contributed by atoms with Crippen molar-refractivity contribution in [3.8, 4) is 11.5 Å². The van der Waals surface area contributed by atoms with E-state index in [1.807, 2.05) is 44.2 Å². The monoisotopic (exact) mass is 453 g/mol. The number of halogens is 1. The predicted molar refractivity (Wildman–Crippen MR) is 124 cm³/mol. The number of hydrogen-bond acceptors (Lipinski definition) is 5. The minimum Gasteiger partial charge on any atom is -0.493 e. The number of aryl methyl sites for hydroxylation is 2. The number of amides is 1. The molecule has 6 nitrogen and oxygen atoms in total. The van der Waals surface area contributed by atoms with Gasteiger partial charge in [0.05, 0.1) is 12.7 Å². The smallest absolute Gasteiger partial charge is 0.338 e. The molecule has 0 radical (unpaired) electrons. The molecule has 0 unspecified atom stereocenters. The summed E-state index contributed by atoms with van der Waals surface area (Å²) in [5, 5.41) is 3.43. The Morgan fingerprint density at radius 2 is 1.62 bits per heavy atom. The summed E-state index contributed by atoms with van der Waals surface area (Å²) in [6.07, 6.45) is 0. The summed E-state index contributed by atoms with van der Waals surface area (Å²) in [6, 6.07) is 17.7. The van der Waals surface area contributed by atoms with E-state index in [9.17, 15) is 9.59 Å². The lowest BCUT2D eigenvalue weighted by Gasteiger charge is -2.13. The molecule has 0 heterocycles. The van der Waals surface area contributed by atoms with Gasteiger partial charge in [-0.2, -0.15) is 0 Å². The molecule has 0 saturated heterocycles. The molecule has 0 atom stereocenters. The summed E-state index contributed by atoms with van der Waals surface area (Å²) in [5.74, 6) is -0.185. The second-order valence-corrected chi connectivity index (χ2v) is 7.61. The van der Waals surface area contributed by atoms with E-state index < -0.39 is 18.5 Å². The fourth-order valence-electron chi connectivity index (χ4n) is 3.06. The minimum atomic E-state index is -0.635. The van der Waals surface area contributed by atoms with E-state index in [1.165, 1.54) is 13.2 Å². The van der Waals surface area contributed by atoms with Gasteiger partial charge in [0.15, 0.2) is 18.1 Å². The number of para-hydroxylation sites is 1. The topological polar surface area (TPSA) is 73.9 Å². The average Bonchev–Trinajstić information content (AvgIpc) is 2.79. The first-order chi connectivity index (χ1) is 15.4. The third-order valence-corrected chi connectivity index (χ3v) is 5.04. The van der Waals surface area contributed by atoms with E-state index in [0.717, 1.165) is 22.4 Å². The van der Waals surface area contributed by atoms with Crippen molar-refractivity contribution in [3.63, 3.8) is 0 Å². The molecule has 0 aromatic heterocycles. The van der Waals surface area contributed by atoms with Crippen LogP contribution in [-0.4, -0.2) is 25.6 Å². The summed E-state index contributed by atoms with van der Waals surface area (Å²) >= 11 is 5.89. The number of carbonyl (C=O) groups is 2. The lowest BCUT2D eigenvalue weighted by atomic mass is 10.1. The Labute approximate surface area is 192 Å². The third kappa shape index (κ3) is 6.02. The van der Waals surface area contributed by atoms with Crippen LogP contribution in [0.1, 0.15) is 27.0 Å². The molecule has 0 saturated carbocycles. The van der Waals surface area contributed by atoms with Crippen LogP contribution in [0.25, 0.3) is 0 Å². The fourth-order valence-corrected chi connectivity index (χ4v) is 3.18. The number of anilines is 1. The Balaban J connectivity index is 1.59. The number of nitrogens with one attached hydrogen (secondary N) is 1. The van der Waals surface area contributed by atoms with Crippen LogP contribution in [0.2, 0.25) is 5.02 Å². The number of methoxy groups -OCH3 is 1. The molecule has 0 aliphatic heterocycles. The largest absolute Gasteiger partial charge is 0.493 e. The molecule has 0 bridgehead atoms. The molecule has 1 N–H and O–H groups in total. The second-order valence-electron chi connectivity index (χ2n) is 7.17. The fraction of sp³-hybridized carbons (Fsp3) is 0.200. The molecule has 3 aromatic rings. The highest BCUT2D eigenvalue weighted by Gasteiger charge is 2.15. The van der Waals surface area contributed by atoms with Gasteiger partial charge in [-0.3, -0.25) is 4.79 Å². The van der Waals surface area contributed by atoms with Gasteiger partial charge < -0.3 is 19.5 Å². The number of rotatable bonds is 8. The molecule has 0 aliphatic carbocycles. The summed E-state index contributed by atoms with van der Waals surface area (Å²) in [4.78, 5) is 24.6. The van der Waals surface area contributed by atoms with Crippen LogP contribution in [0.15, 0.2) is 60.7 Å². The van der Waals surface area contributed by atoms with E-state index in [1.54, 1.807) is 24.3 Å². The van der Waals surface area contributed by atoms with Gasteiger partial charge in [0.1, 0.15) is 6.61 Å². The number of ether oxygens (including phenoxy) is 3. The van der Waals surface area contributed by atoms with Crippen LogP contribution in [-0.2, 0) is 16.1 Å². The Hall–Kier alpha value is -3.51. The third-order valence-electron chi connectivity index (χ3n) is 4.79. The summed E-state index contributed by atoms with van der Waals surface area (Å²) < 4.78 is 16.3. The van der Waals surface area contributed by atoms with E-state index in [4.69, 9.17) is 25.8 Å². The summed E-state index contributed by atoms with van der Waals surface area (Å²) in [6.45, 7) is 3.72. The van der Waals surface area contributed by atoms with Crippen molar-refractivity contribution in [1.82, 2.24) is 0 Å². The van der Waals surface area contributed by atoms with Crippen molar-refractivity contribution < 1.29 is 23.8 Å². The summed E-state index contributed by atoms with van der Waals surface area (Å²) in [7, 11) is 1.48. The average molecular weight is 454 g/mol. The number of esters is 1. The highest BCUT2D eigenvalue weighted by Crippen LogP contribution is 2.29. The zero-order chi connectivity index (χ0) is 23.1. The van der Waals surface area contributed by atoms with Crippen LogP contribution in [0.3, 0.4) is 0 Å². The first kappa shape index (κ1) is 23.2. The zero-order valence-corrected chi connectivity index (χ0v) is 18.9. The molecular weight excluding hydrogens is 430 g/mol. The van der Waals surface area contributed by atoms with Gasteiger partial charge in [-0.05, 0) is 60.9 Å².